The van der Waals surface area contributed by atoms with Gasteiger partial charge in [-0.15, -0.1) is 0 Å². The summed E-state index contributed by atoms with van der Waals surface area (Å²) < 4.78 is 33.0. The van der Waals surface area contributed by atoms with Crippen molar-refractivity contribution in [1.82, 2.24) is 7.12 Å². The average Bonchev–Trinajstić information content (AvgIpc) is 1.35. The average molecular weight is 1360 g/mol. The van der Waals surface area contributed by atoms with E-state index < -0.39 is 28.2 Å². The van der Waals surface area contributed by atoms with Gasteiger partial charge in [-0.05, 0) is 248 Å². The molecule has 32 aromatic rings. The topological polar surface area (TPSA) is 115 Å². The number of carbonyl (C=O) groups is 2. The molecule has 2 heterocycles. The van der Waals surface area contributed by atoms with Crippen molar-refractivity contribution in [3.8, 4) is 0 Å². The van der Waals surface area contributed by atoms with Crippen LogP contribution in [0.3, 0.4) is 0 Å². The fourth-order valence-corrected chi connectivity index (χ4v) is 32.8. The Morgan fingerprint density at radius 1 is 0.278 bits per heavy atom. The van der Waals surface area contributed by atoms with Crippen LogP contribution in [0, 0.1) is 5.41 Å². The van der Waals surface area contributed by atoms with Crippen molar-refractivity contribution in [2.75, 3.05) is 39.6 Å². The normalized spacial score (nSPS) is 17.9. The molecule has 5 aliphatic carbocycles. The van der Waals surface area contributed by atoms with Crippen molar-refractivity contribution in [3.05, 3.63) is 91.5 Å². The third kappa shape index (κ3) is 2.91. The minimum absolute atomic E-state index is 0.0260. The predicted molar refractivity (Wildman–Crippen MR) is 390 cm³/mol. The van der Waals surface area contributed by atoms with Gasteiger partial charge in [0.25, 0.3) is 0 Å². The Labute approximate surface area is 543 Å². The van der Waals surface area contributed by atoms with Crippen molar-refractivity contribution < 1.29 is 28.5 Å². The Hall–Kier alpha value is -10.3. The quantitative estimate of drug-likeness (QED) is 0.0348. The van der Waals surface area contributed by atoms with Crippen molar-refractivity contribution in [2.45, 2.75) is 23.9 Å². The van der Waals surface area contributed by atoms with E-state index in [1.54, 1.807) is 0 Å². The summed E-state index contributed by atoms with van der Waals surface area (Å²) in [6, 6.07) is 15.7. The Kier molecular flexibility index (Phi) is 5.00. The van der Waals surface area contributed by atoms with Gasteiger partial charge in [-0.25, -0.2) is 0 Å². The van der Waals surface area contributed by atoms with Crippen LogP contribution in [0.5, 0.6) is 0 Å². The summed E-state index contributed by atoms with van der Waals surface area (Å²) in [7, 11) is 0. The molecule has 434 valence electrons. The van der Waals surface area contributed by atoms with E-state index in [-0.39, 0.29) is 80.2 Å². The minimum atomic E-state index is -1.93. The maximum absolute atomic E-state index is 17.8. The summed E-state index contributed by atoms with van der Waals surface area (Å²) in [6.07, 6.45) is 0. The second-order valence-corrected chi connectivity index (χ2v) is 35.9. The Balaban J connectivity index is 0.719. The molecule has 0 atom stereocenters. The van der Waals surface area contributed by atoms with Gasteiger partial charge in [0.05, 0.1) is 0 Å². The summed E-state index contributed by atoms with van der Waals surface area (Å²) in [5.41, 5.74) is 0.317. The first-order valence-electron chi connectivity index (χ1n) is 34.5. The van der Waals surface area contributed by atoms with E-state index in [1.165, 1.54) is 313 Å². The van der Waals surface area contributed by atoms with E-state index in [2.05, 4.69) is 0 Å². The fraction of sp³-hybridized carbons (Fsp3) is 0.129. The van der Waals surface area contributed by atoms with Crippen LogP contribution in [0.25, 0.3) is 310 Å². The van der Waals surface area contributed by atoms with Gasteiger partial charge in [-0.3, -0.25) is 0 Å². The van der Waals surface area contributed by atoms with Gasteiger partial charge in [0.1, 0.15) is 0 Å². The van der Waals surface area contributed by atoms with Crippen LogP contribution in [0.2, 0.25) is 0 Å². The van der Waals surface area contributed by atoms with Gasteiger partial charge in [-0.2, -0.15) is 0 Å². The third-order valence-corrected chi connectivity index (χ3v) is 34.6. The van der Waals surface area contributed by atoms with Crippen molar-refractivity contribution >= 4 is 352 Å². The van der Waals surface area contributed by atoms with E-state index in [4.69, 9.17) is 18.9 Å². The Bertz CT molecular complexity index is 8540. The van der Waals surface area contributed by atoms with E-state index in [1.807, 2.05) is 55.7 Å². The number of hydrogen-bond acceptors (Lipinski definition) is 8. The third-order valence-electron chi connectivity index (χ3n) is 29.9. The molecule has 97 heavy (non-hydrogen) atoms. The zero-order valence-electron chi connectivity index (χ0n) is 49.8. The van der Waals surface area contributed by atoms with Gasteiger partial charge in [0.2, 0.25) is 0 Å². The van der Waals surface area contributed by atoms with E-state index in [0.717, 1.165) is 19.3 Å². The van der Waals surface area contributed by atoms with Gasteiger partial charge in [0.15, 0.2) is 0 Å². The Morgan fingerprint density at radius 2 is 0.485 bits per heavy atom. The molecule has 0 saturated heterocycles. The van der Waals surface area contributed by atoms with Crippen molar-refractivity contribution in [1.29, 1.82) is 0 Å². The van der Waals surface area contributed by atoms with Crippen LogP contribution in [-0.4, -0.2) is 88.2 Å². The van der Waals surface area contributed by atoms with Crippen LogP contribution in [0.4, 0.5) is 0 Å². The first-order chi connectivity index (χ1) is 48.0. The molecule has 10 nitrogen and oxygen atoms in total. The van der Waals surface area contributed by atoms with Crippen LogP contribution in [-0.2, 0) is 52.5 Å². The summed E-state index contributed by atoms with van der Waals surface area (Å²) in [4.78, 5) is 62.7. The zero-order chi connectivity index (χ0) is 60.3. The van der Waals surface area contributed by atoms with Gasteiger partial charge in [0, 0.05) is 0 Å². The number of benzene rings is 20. The molecule has 0 aliphatic heterocycles. The molecule has 2 aromatic heterocycles. The van der Waals surface area contributed by atoms with Gasteiger partial charge < -0.3 is 0 Å². The van der Waals surface area contributed by atoms with Gasteiger partial charge in [-0.1, -0.05) is 0 Å². The molecule has 2 spiro atoms. The summed E-state index contributed by atoms with van der Waals surface area (Å²) in [5, 5.41) is 78.4. The second-order valence-electron chi connectivity index (χ2n) is 31.5. The summed E-state index contributed by atoms with van der Waals surface area (Å²) in [6.45, 7) is 1.43. The number of esters is 2. The molecule has 1 saturated carbocycles. The Morgan fingerprint density at radius 3 is 0.701 bits per heavy atom. The second kappa shape index (κ2) is 11.3. The van der Waals surface area contributed by atoms with Crippen LogP contribution in [0.15, 0.2) is 58.1 Å². The molecule has 1 fully saturated rings. The van der Waals surface area contributed by atoms with Crippen LogP contribution < -0.4 is 11.1 Å². The molecule has 37 rings (SSSR count). The monoisotopic (exact) mass is 1360 g/mol. The number of hydrogen-bond donors (Lipinski definition) is 0. The SMILES string of the molecule is O=C(OCCOCCn1[se]c2ccccc2c1=O)C1(C(=O)OCCOCCn2[se]c3ccccc3c2=O)C23c4c5c6c7c8c9c(c%10c%11c2c2c4c4c%12c5c5c6c6c8c8c%13c9c9c%10c%10c%11c%11c2c2c4c4c%12c%12c5c5c6c8c6c8c%13c9c9c%10c%10c%11c2c2c4c4c%12c5c6c5c8c9c%10c2c45)C713. The molecular formula is C85H24N2O8Se2. The number of rotatable bonds is 14. The zero-order valence-corrected chi connectivity index (χ0v) is 53.2. The number of carbonyl (C=O) groups excluding carboxylic acids is 2. The number of nitrogens with zero attached hydrogens (tertiary/aromatic N) is 2. The summed E-state index contributed by atoms with van der Waals surface area (Å²) in [5.74, 6) is -1.08. The molecule has 0 radical (unpaired) electrons. The molecule has 5 aliphatic rings. The number of fused-ring (bicyclic) bond motifs is 2. The molecular weight excluding hydrogens is 1330 g/mol. The van der Waals surface area contributed by atoms with Gasteiger partial charge >= 0.3 is 300 Å². The van der Waals surface area contributed by atoms with E-state index >= 15 is 9.59 Å². The maximum atomic E-state index is 17.8. The summed E-state index contributed by atoms with van der Waals surface area (Å²) >= 11 is -0.302. The van der Waals surface area contributed by atoms with E-state index in [9.17, 15) is 9.59 Å². The molecule has 0 unspecified atom stereocenters. The number of aromatic nitrogens is 2. The molecule has 12 heteroatoms. The van der Waals surface area contributed by atoms with Crippen LogP contribution >= 0.6 is 0 Å². The first kappa shape index (κ1) is 43.0. The molecule has 0 bridgehead atoms. The standard InChI is InChI=1S/C85H24N2O8Se2/c88-79-17-5-1-3-7-19(17)96-86(79)9-11-92-13-15-94-81(90)85(82(91)95-16-14-93-12-10-87-80(89)18-6-2-4-8-20(18)97-87)83-75-67-59-49-39-31-23-21-22-25-29-27(23)35-43-37(29)47-41-33(25)34-26(22)30-28-24(21)32(31)40-46-36(28)44-38(30)48-42(34)52-51(41)61-55(47)65-57(43)63(53(59)45(35)39)71(75)73(65)77-69(61)70-62(52)56(48)66-58(44)64-54(46)60(50(40)49)68(67)76(83)72(64)74(66)78(70)84(77,83)85/h1-8H,9-16H2. The molecule has 30 aromatic carbocycles. The van der Waals surface area contributed by atoms with Crippen LogP contribution in [0.1, 0.15) is 22.3 Å². The van der Waals surface area contributed by atoms with Crippen molar-refractivity contribution in [3.63, 3.8) is 0 Å². The molecule has 0 N–H and O–H groups in total. The van der Waals surface area contributed by atoms with E-state index in [0.29, 0.717) is 13.1 Å². The number of ether oxygens (including phenoxy) is 4. The first-order valence-corrected chi connectivity index (χ1v) is 37.7. The molecule has 0 amide bonds. The predicted octanol–water partition coefficient (Wildman–Crippen LogP) is 16.6. The van der Waals surface area contributed by atoms with Crippen molar-refractivity contribution in [2.24, 2.45) is 5.41 Å². The fourth-order valence-electron chi connectivity index (χ4n) is 28.7.